The van der Waals surface area contributed by atoms with Gasteiger partial charge in [0.2, 0.25) is 0 Å². The first kappa shape index (κ1) is 14.2. The van der Waals surface area contributed by atoms with Crippen molar-refractivity contribution in [1.29, 1.82) is 0 Å². The molecule has 0 amide bonds. The third-order valence-electron chi connectivity index (χ3n) is 3.15. The van der Waals surface area contributed by atoms with Gasteiger partial charge in [0.15, 0.2) is 6.29 Å². The number of benzene rings is 1. The van der Waals surface area contributed by atoms with Gasteiger partial charge in [-0.15, -0.1) is 11.3 Å². The van der Waals surface area contributed by atoms with E-state index in [1.807, 2.05) is 22.9 Å². The molecule has 5 heteroatoms. The lowest BCUT2D eigenvalue weighted by molar-refractivity contribution is 0.112. The highest BCUT2D eigenvalue weighted by molar-refractivity contribution is 9.11. The zero-order valence-corrected chi connectivity index (χ0v) is 13.8. The van der Waals surface area contributed by atoms with Gasteiger partial charge in [0.1, 0.15) is 5.69 Å². The molecule has 0 aliphatic carbocycles. The van der Waals surface area contributed by atoms with E-state index < -0.39 is 0 Å². The normalized spacial score (nSPS) is 10.8. The van der Waals surface area contributed by atoms with E-state index in [4.69, 9.17) is 0 Å². The van der Waals surface area contributed by atoms with Gasteiger partial charge in [-0.3, -0.25) is 9.48 Å². The monoisotopic (exact) mass is 360 g/mol. The number of hydrogen-bond acceptors (Lipinski definition) is 3. The number of nitrogens with zero attached hydrogens (tertiary/aromatic N) is 2. The molecule has 0 N–H and O–H groups in total. The Bertz CT molecular complexity index is 791. The van der Waals surface area contributed by atoms with E-state index in [-0.39, 0.29) is 0 Å². The van der Waals surface area contributed by atoms with E-state index >= 15 is 0 Å². The highest BCUT2D eigenvalue weighted by Crippen LogP contribution is 2.31. The molecule has 1 aromatic carbocycles. The molecule has 0 bridgehead atoms. The minimum atomic E-state index is 0.622. The fraction of sp³-hybridized carbons (Fsp3) is 0.125. The van der Waals surface area contributed by atoms with Crippen molar-refractivity contribution < 1.29 is 4.79 Å². The zero-order valence-electron chi connectivity index (χ0n) is 11.4. The highest BCUT2D eigenvalue weighted by Gasteiger charge is 2.12. The summed E-state index contributed by atoms with van der Waals surface area (Å²) in [7, 11) is 0. The van der Waals surface area contributed by atoms with Crippen LogP contribution in [0.1, 0.15) is 21.5 Å². The van der Waals surface area contributed by atoms with Gasteiger partial charge in [0, 0.05) is 6.20 Å². The summed E-state index contributed by atoms with van der Waals surface area (Å²) in [6.45, 7) is 2.73. The maximum absolute atomic E-state index is 11.3. The predicted molar refractivity (Wildman–Crippen MR) is 88.9 cm³/mol. The topological polar surface area (TPSA) is 34.9 Å². The lowest BCUT2D eigenvalue weighted by Gasteiger charge is -2.02. The molecule has 21 heavy (non-hydrogen) atoms. The summed E-state index contributed by atoms with van der Waals surface area (Å²) in [6.07, 6.45) is 2.67. The van der Waals surface area contributed by atoms with Gasteiger partial charge in [0.05, 0.1) is 20.8 Å². The first-order chi connectivity index (χ1) is 10.2. The first-order valence-electron chi connectivity index (χ1n) is 6.49. The van der Waals surface area contributed by atoms with E-state index in [1.165, 1.54) is 11.1 Å². The van der Waals surface area contributed by atoms with Gasteiger partial charge >= 0.3 is 0 Å². The van der Waals surface area contributed by atoms with Crippen LogP contribution < -0.4 is 0 Å². The van der Waals surface area contributed by atoms with E-state index in [0.717, 1.165) is 20.6 Å². The number of carbonyl (C=O) groups excluding carboxylic acids is 1. The van der Waals surface area contributed by atoms with Gasteiger partial charge in [-0.25, -0.2) is 0 Å². The molecule has 0 fully saturated rings. The third kappa shape index (κ3) is 3.14. The average Bonchev–Trinajstić information content (AvgIpc) is 3.05. The number of rotatable bonds is 4. The lowest BCUT2D eigenvalue weighted by atomic mass is 10.1. The Labute approximate surface area is 135 Å². The average molecular weight is 361 g/mol. The molecule has 3 nitrogen and oxygen atoms in total. The molecule has 2 heterocycles. The molecule has 0 saturated carbocycles. The molecule has 0 atom stereocenters. The van der Waals surface area contributed by atoms with Crippen LogP contribution in [0.15, 0.2) is 46.4 Å². The first-order valence-corrected chi connectivity index (χ1v) is 8.10. The van der Waals surface area contributed by atoms with Crippen molar-refractivity contribution in [2.24, 2.45) is 0 Å². The van der Waals surface area contributed by atoms with Gasteiger partial charge in [-0.2, -0.15) is 5.10 Å². The fourth-order valence-corrected chi connectivity index (χ4v) is 3.63. The number of carbonyl (C=O) groups is 1. The lowest BCUT2D eigenvalue weighted by Crippen LogP contribution is -2.00. The molecule has 0 aliphatic rings. The second-order valence-electron chi connectivity index (χ2n) is 4.84. The smallest absolute Gasteiger partial charge is 0.153 e. The van der Waals surface area contributed by atoms with Crippen molar-refractivity contribution in [3.8, 4) is 10.6 Å². The molecule has 0 unspecified atom stereocenters. The largest absolute Gasteiger partial charge is 0.298 e. The molecule has 0 radical (unpaired) electrons. The Morgan fingerprint density at radius 1 is 1.33 bits per heavy atom. The summed E-state index contributed by atoms with van der Waals surface area (Å²) in [5.74, 6) is 0. The van der Waals surface area contributed by atoms with Crippen LogP contribution in [-0.4, -0.2) is 16.1 Å². The third-order valence-corrected chi connectivity index (χ3v) is 4.78. The van der Waals surface area contributed by atoms with Crippen LogP contribution >= 0.6 is 27.3 Å². The maximum atomic E-state index is 11.3. The number of halogens is 1. The van der Waals surface area contributed by atoms with Crippen LogP contribution in [0.4, 0.5) is 0 Å². The van der Waals surface area contributed by atoms with Crippen LogP contribution in [0, 0.1) is 6.92 Å². The summed E-state index contributed by atoms with van der Waals surface area (Å²) >= 11 is 5.01. The van der Waals surface area contributed by atoms with Gasteiger partial charge in [-0.05, 0) is 40.5 Å². The SMILES string of the molecule is Cc1cccc(Cn2cc(C=O)c(-c3ccc(Br)s3)n2)c1. The van der Waals surface area contributed by atoms with E-state index in [0.29, 0.717) is 12.1 Å². The predicted octanol–water partition coefficient (Wildman–Crippen LogP) is 4.54. The summed E-state index contributed by atoms with van der Waals surface area (Å²) < 4.78 is 2.85. The van der Waals surface area contributed by atoms with Crippen LogP contribution in [0.2, 0.25) is 0 Å². The van der Waals surface area contributed by atoms with Gasteiger partial charge in [0.25, 0.3) is 0 Å². The van der Waals surface area contributed by atoms with Crippen LogP contribution in [0.3, 0.4) is 0 Å². The van der Waals surface area contributed by atoms with Gasteiger partial charge in [-0.1, -0.05) is 29.8 Å². The molecular weight excluding hydrogens is 348 g/mol. The van der Waals surface area contributed by atoms with Crippen LogP contribution in [-0.2, 0) is 6.54 Å². The number of thiophene rings is 1. The molecule has 3 aromatic rings. The Morgan fingerprint density at radius 3 is 2.86 bits per heavy atom. The second kappa shape index (κ2) is 5.95. The molecule has 2 aromatic heterocycles. The van der Waals surface area contributed by atoms with E-state index in [2.05, 4.69) is 46.2 Å². The summed E-state index contributed by atoms with van der Waals surface area (Å²) in [6, 6.07) is 12.2. The Kier molecular flexibility index (Phi) is 4.03. The summed E-state index contributed by atoms with van der Waals surface area (Å²) in [5, 5.41) is 4.56. The number of aldehydes is 1. The number of hydrogen-bond donors (Lipinski definition) is 0. The van der Waals surface area contributed by atoms with E-state index in [1.54, 1.807) is 17.5 Å². The molecule has 0 aliphatic heterocycles. The van der Waals surface area contributed by atoms with Crippen molar-refractivity contribution in [2.75, 3.05) is 0 Å². The Balaban J connectivity index is 1.94. The molecule has 0 spiro atoms. The van der Waals surface area contributed by atoms with Crippen molar-refractivity contribution in [1.82, 2.24) is 9.78 Å². The maximum Gasteiger partial charge on any atom is 0.153 e. The Morgan fingerprint density at radius 2 is 2.19 bits per heavy atom. The van der Waals surface area contributed by atoms with Gasteiger partial charge < -0.3 is 0 Å². The molecule has 3 rings (SSSR count). The zero-order chi connectivity index (χ0) is 14.8. The summed E-state index contributed by atoms with van der Waals surface area (Å²) in [5.41, 5.74) is 3.76. The highest BCUT2D eigenvalue weighted by atomic mass is 79.9. The van der Waals surface area contributed by atoms with Crippen molar-refractivity contribution in [3.63, 3.8) is 0 Å². The van der Waals surface area contributed by atoms with Crippen molar-refractivity contribution in [3.05, 3.63) is 63.1 Å². The number of aromatic nitrogens is 2. The second-order valence-corrected chi connectivity index (χ2v) is 7.30. The number of aryl methyl sites for hydroxylation is 1. The molecule has 106 valence electrons. The summed E-state index contributed by atoms with van der Waals surface area (Å²) in [4.78, 5) is 12.3. The Hall–Kier alpha value is -1.72. The molecular formula is C16H13BrN2OS. The van der Waals surface area contributed by atoms with Crippen LogP contribution in [0.5, 0.6) is 0 Å². The standard InChI is InChI=1S/C16H13BrN2OS/c1-11-3-2-4-12(7-11)8-19-9-13(10-20)16(18-19)14-5-6-15(17)21-14/h2-7,9-10H,8H2,1H3. The minimum absolute atomic E-state index is 0.622. The fourth-order valence-electron chi connectivity index (χ4n) is 2.23. The molecule has 0 saturated heterocycles. The minimum Gasteiger partial charge on any atom is -0.298 e. The van der Waals surface area contributed by atoms with Crippen LogP contribution in [0.25, 0.3) is 10.6 Å². The van der Waals surface area contributed by atoms with Crippen molar-refractivity contribution in [2.45, 2.75) is 13.5 Å². The van der Waals surface area contributed by atoms with E-state index in [9.17, 15) is 4.79 Å². The quantitative estimate of drug-likeness (QED) is 0.640. The van der Waals surface area contributed by atoms with Crippen molar-refractivity contribution >= 4 is 33.6 Å².